The molecule has 0 bridgehead atoms. The molecule has 180 valence electrons. The van der Waals surface area contributed by atoms with Crippen LogP contribution in [0.2, 0.25) is 5.02 Å². The second-order valence-corrected chi connectivity index (χ2v) is 9.80. The maximum Gasteiger partial charge on any atom is 0.227 e. The quantitative estimate of drug-likeness (QED) is 0.276. The third-order valence-electron chi connectivity index (χ3n) is 6.72. The zero-order valence-corrected chi connectivity index (χ0v) is 21.2. The van der Waals surface area contributed by atoms with Crippen LogP contribution in [0, 0.1) is 20.8 Å². The largest absolute Gasteiger partial charge is 0.494 e. The Kier molecular flexibility index (Phi) is 6.52. The van der Waals surface area contributed by atoms with Gasteiger partial charge in [-0.2, -0.15) is 0 Å². The van der Waals surface area contributed by atoms with Crippen LogP contribution in [0.15, 0.2) is 60.7 Å². The molecule has 4 aromatic rings. The predicted molar refractivity (Wildman–Crippen MR) is 142 cm³/mol. The van der Waals surface area contributed by atoms with E-state index in [0.29, 0.717) is 19.6 Å². The Balaban J connectivity index is 1.33. The maximum atomic E-state index is 12.9. The first-order valence-corrected chi connectivity index (χ1v) is 12.5. The van der Waals surface area contributed by atoms with Crippen molar-refractivity contribution >= 4 is 34.2 Å². The van der Waals surface area contributed by atoms with Crippen molar-refractivity contribution in [1.29, 1.82) is 0 Å². The van der Waals surface area contributed by atoms with Crippen molar-refractivity contribution in [3.63, 3.8) is 0 Å². The summed E-state index contributed by atoms with van der Waals surface area (Å²) in [5.74, 6) is 2.02. The molecule has 6 heteroatoms. The topological polar surface area (TPSA) is 47.4 Å². The van der Waals surface area contributed by atoms with Crippen LogP contribution < -0.4 is 9.64 Å². The predicted octanol–water partition coefficient (Wildman–Crippen LogP) is 6.60. The van der Waals surface area contributed by atoms with Crippen LogP contribution in [0.5, 0.6) is 5.75 Å². The van der Waals surface area contributed by atoms with Crippen LogP contribution in [-0.4, -0.2) is 28.6 Å². The summed E-state index contributed by atoms with van der Waals surface area (Å²) >= 11 is 6.29. The number of para-hydroxylation sites is 2. The minimum absolute atomic E-state index is 0.0543. The van der Waals surface area contributed by atoms with Gasteiger partial charge in [-0.1, -0.05) is 41.4 Å². The van der Waals surface area contributed by atoms with E-state index in [4.69, 9.17) is 21.3 Å². The molecule has 0 aliphatic carbocycles. The maximum absolute atomic E-state index is 12.9. The summed E-state index contributed by atoms with van der Waals surface area (Å²) in [6.45, 7) is 8.05. The lowest BCUT2D eigenvalue weighted by atomic mass is 10.1. The van der Waals surface area contributed by atoms with E-state index in [9.17, 15) is 4.79 Å². The molecule has 1 unspecified atom stereocenters. The van der Waals surface area contributed by atoms with E-state index in [1.54, 1.807) is 0 Å². The van der Waals surface area contributed by atoms with Gasteiger partial charge in [-0.25, -0.2) is 4.98 Å². The number of aryl methyl sites for hydroxylation is 4. The summed E-state index contributed by atoms with van der Waals surface area (Å²) in [7, 11) is 0. The zero-order chi connectivity index (χ0) is 24.5. The third kappa shape index (κ3) is 4.78. The number of ether oxygens (including phenoxy) is 1. The van der Waals surface area contributed by atoms with Crippen LogP contribution in [-0.2, 0) is 11.3 Å². The average Bonchev–Trinajstić information content (AvgIpc) is 3.41. The molecular formula is C29H30ClN3O2. The van der Waals surface area contributed by atoms with E-state index >= 15 is 0 Å². The van der Waals surface area contributed by atoms with Crippen molar-refractivity contribution in [3.8, 4) is 5.75 Å². The molecule has 1 saturated heterocycles. The van der Waals surface area contributed by atoms with Crippen LogP contribution >= 0.6 is 11.6 Å². The first-order valence-electron chi connectivity index (χ1n) is 12.1. The Labute approximate surface area is 211 Å². The number of aromatic nitrogens is 2. The van der Waals surface area contributed by atoms with Gasteiger partial charge in [0.25, 0.3) is 0 Å². The van der Waals surface area contributed by atoms with Gasteiger partial charge in [-0.05, 0) is 74.7 Å². The van der Waals surface area contributed by atoms with Crippen LogP contribution in [0.1, 0.15) is 41.3 Å². The average molecular weight is 488 g/mol. The summed E-state index contributed by atoms with van der Waals surface area (Å²) in [6.07, 6.45) is 1.30. The minimum Gasteiger partial charge on any atom is -0.494 e. The summed E-state index contributed by atoms with van der Waals surface area (Å²) in [6, 6.07) is 20.3. The molecule has 3 aromatic carbocycles. The Hall–Kier alpha value is -3.31. The zero-order valence-electron chi connectivity index (χ0n) is 20.4. The number of carbonyl (C=O) groups is 1. The number of benzene rings is 3. The van der Waals surface area contributed by atoms with Gasteiger partial charge in [0.15, 0.2) is 0 Å². The highest BCUT2D eigenvalue weighted by Crippen LogP contribution is 2.33. The Morgan fingerprint density at radius 3 is 2.49 bits per heavy atom. The normalized spacial score (nSPS) is 15.8. The summed E-state index contributed by atoms with van der Waals surface area (Å²) < 4.78 is 8.32. The molecule has 1 amide bonds. The van der Waals surface area contributed by atoms with Gasteiger partial charge in [0.05, 0.1) is 17.6 Å². The standard InChI is InChI=1S/C29H30ClN3O2/c1-19-9-11-23(12-10-19)33-18-22(17-27(33)34)29-31-25-7-4-5-8-26(25)32(29)13-6-14-35-24-15-20(2)28(30)21(3)16-24/h4-5,7-12,15-16,22H,6,13-14,17-18H2,1-3H3. The van der Waals surface area contributed by atoms with Gasteiger partial charge in [-0.15, -0.1) is 0 Å². The van der Waals surface area contributed by atoms with Crippen LogP contribution in [0.4, 0.5) is 5.69 Å². The van der Waals surface area contributed by atoms with E-state index < -0.39 is 0 Å². The number of carbonyl (C=O) groups excluding carboxylic acids is 1. The van der Waals surface area contributed by atoms with Crippen molar-refractivity contribution in [3.05, 3.63) is 88.2 Å². The van der Waals surface area contributed by atoms with Crippen LogP contribution in [0.3, 0.4) is 0 Å². The van der Waals surface area contributed by atoms with Gasteiger partial charge >= 0.3 is 0 Å². The Morgan fingerprint density at radius 2 is 1.74 bits per heavy atom. The highest BCUT2D eigenvalue weighted by atomic mass is 35.5. The molecule has 0 spiro atoms. The number of amides is 1. The monoisotopic (exact) mass is 487 g/mol. The van der Waals surface area contributed by atoms with E-state index in [-0.39, 0.29) is 11.8 Å². The molecule has 1 atom stereocenters. The fourth-order valence-electron chi connectivity index (χ4n) is 4.90. The minimum atomic E-state index is 0.0543. The molecule has 5 rings (SSSR count). The lowest BCUT2D eigenvalue weighted by Crippen LogP contribution is -2.24. The molecular weight excluding hydrogens is 458 g/mol. The van der Waals surface area contributed by atoms with Gasteiger partial charge in [0, 0.05) is 36.1 Å². The molecule has 0 N–H and O–H groups in total. The third-order valence-corrected chi connectivity index (χ3v) is 7.32. The second kappa shape index (κ2) is 9.74. The summed E-state index contributed by atoms with van der Waals surface area (Å²) in [4.78, 5) is 19.8. The first-order chi connectivity index (χ1) is 16.9. The van der Waals surface area contributed by atoms with Crippen molar-refractivity contribution in [1.82, 2.24) is 9.55 Å². The fourth-order valence-corrected chi connectivity index (χ4v) is 5.01. The van der Waals surface area contributed by atoms with Crippen LogP contribution in [0.25, 0.3) is 11.0 Å². The number of hydrogen-bond donors (Lipinski definition) is 0. The van der Waals surface area contributed by atoms with E-state index in [1.165, 1.54) is 5.56 Å². The van der Waals surface area contributed by atoms with Gasteiger partial charge < -0.3 is 14.2 Å². The lowest BCUT2D eigenvalue weighted by Gasteiger charge is -2.18. The Morgan fingerprint density at radius 1 is 1.03 bits per heavy atom. The van der Waals surface area contributed by atoms with Crippen molar-refractivity contribution in [2.75, 3.05) is 18.1 Å². The number of hydrogen-bond acceptors (Lipinski definition) is 3. The molecule has 2 heterocycles. The van der Waals surface area contributed by atoms with Gasteiger partial charge in [0.2, 0.25) is 5.91 Å². The number of imidazole rings is 1. The van der Waals surface area contributed by atoms with Crippen molar-refractivity contribution in [2.24, 2.45) is 0 Å². The first kappa shape index (κ1) is 23.4. The molecule has 0 saturated carbocycles. The number of rotatable bonds is 7. The van der Waals surface area contributed by atoms with E-state index in [2.05, 4.69) is 29.7 Å². The molecule has 0 radical (unpaired) electrons. The van der Waals surface area contributed by atoms with E-state index in [1.807, 2.05) is 61.2 Å². The number of anilines is 1. The highest BCUT2D eigenvalue weighted by Gasteiger charge is 2.34. The SMILES string of the molecule is Cc1ccc(N2CC(c3nc4ccccc4n3CCCOc3cc(C)c(Cl)c(C)c3)CC2=O)cc1. The number of fused-ring (bicyclic) bond motifs is 1. The molecule has 1 aromatic heterocycles. The smallest absolute Gasteiger partial charge is 0.227 e. The Bertz CT molecular complexity index is 1350. The fraction of sp³-hybridized carbons (Fsp3) is 0.310. The highest BCUT2D eigenvalue weighted by molar-refractivity contribution is 6.32. The molecule has 1 aliphatic rings. The molecule has 1 fully saturated rings. The number of halogens is 1. The second-order valence-electron chi connectivity index (χ2n) is 9.42. The summed E-state index contributed by atoms with van der Waals surface area (Å²) in [5, 5.41) is 0.790. The van der Waals surface area contributed by atoms with Crippen molar-refractivity contribution < 1.29 is 9.53 Å². The molecule has 1 aliphatic heterocycles. The molecule has 5 nitrogen and oxygen atoms in total. The van der Waals surface area contributed by atoms with E-state index in [0.717, 1.165) is 57.4 Å². The summed E-state index contributed by atoms with van der Waals surface area (Å²) in [5.41, 5.74) is 6.25. The van der Waals surface area contributed by atoms with Crippen molar-refractivity contribution in [2.45, 2.75) is 46.1 Å². The van der Waals surface area contributed by atoms with Gasteiger partial charge in [-0.3, -0.25) is 4.79 Å². The van der Waals surface area contributed by atoms with Gasteiger partial charge in [0.1, 0.15) is 11.6 Å². The molecule has 35 heavy (non-hydrogen) atoms. The lowest BCUT2D eigenvalue weighted by molar-refractivity contribution is -0.117. The number of nitrogens with zero attached hydrogens (tertiary/aromatic N) is 3.